The Morgan fingerprint density at radius 3 is 2.86 bits per heavy atom. The van der Waals surface area contributed by atoms with Crippen molar-refractivity contribution in [2.45, 2.75) is 51.6 Å². The number of fused-ring (bicyclic) bond motifs is 1. The smallest absolute Gasteiger partial charge is 0.224 e. The van der Waals surface area contributed by atoms with Crippen molar-refractivity contribution in [2.24, 2.45) is 5.92 Å². The van der Waals surface area contributed by atoms with Gasteiger partial charge in [-0.05, 0) is 37.3 Å². The minimum Gasteiger partial charge on any atom is -0.324 e. The summed E-state index contributed by atoms with van der Waals surface area (Å²) in [4.78, 5) is 19.2. The predicted octanol–water partition coefficient (Wildman–Crippen LogP) is 3.52. The maximum atomic E-state index is 12.3. The first kappa shape index (κ1) is 13.8. The monoisotopic (exact) mass is 297 g/mol. The molecule has 0 spiro atoms. The van der Waals surface area contributed by atoms with E-state index in [4.69, 9.17) is 4.98 Å². The van der Waals surface area contributed by atoms with Gasteiger partial charge in [-0.2, -0.15) is 0 Å². The van der Waals surface area contributed by atoms with Crippen LogP contribution in [0.15, 0.2) is 24.3 Å². The third-order valence-corrected chi connectivity index (χ3v) is 4.93. The second-order valence-electron chi connectivity index (χ2n) is 6.78. The third kappa shape index (κ3) is 2.40. The SMILES string of the molecule is CCCC1CC(=O)N(Cn2c(C3CC3)nc3ccccc32)C1. The Labute approximate surface area is 131 Å². The van der Waals surface area contributed by atoms with E-state index in [0.29, 0.717) is 24.4 Å². The van der Waals surface area contributed by atoms with Crippen LogP contribution >= 0.6 is 0 Å². The highest BCUT2D eigenvalue weighted by molar-refractivity contribution is 5.79. The summed E-state index contributed by atoms with van der Waals surface area (Å²) in [5.74, 6) is 2.61. The van der Waals surface area contributed by atoms with Crippen LogP contribution in [0.3, 0.4) is 0 Å². The van der Waals surface area contributed by atoms with Gasteiger partial charge in [-0.1, -0.05) is 25.5 Å². The molecule has 1 atom stereocenters. The molecule has 4 heteroatoms. The molecule has 0 bridgehead atoms. The van der Waals surface area contributed by atoms with Gasteiger partial charge in [-0.15, -0.1) is 0 Å². The van der Waals surface area contributed by atoms with E-state index < -0.39 is 0 Å². The third-order valence-electron chi connectivity index (χ3n) is 4.93. The number of benzene rings is 1. The van der Waals surface area contributed by atoms with Crippen molar-refractivity contribution in [3.63, 3.8) is 0 Å². The lowest BCUT2D eigenvalue weighted by Crippen LogP contribution is -2.28. The van der Waals surface area contributed by atoms with Gasteiger partial charge in [0, 0.05) is 18.9 Å². The van der Waals surface area contributed by atoms with Gasteiger partial charge in [0.05, 0.1) is 17.7 Å². The van der Waals surface area contributed by atoms with Crippen molar-refractivity contribution in [3.8, 4) is 0 Å². The van der Waals surface area contributed by atoms with E-state index in [9.17, 15) is 4.79 Å². The summed E-state index contributed by atoms with van der Waals surface area (Å²) in [6, 6.07) is 8.29. The summed E-state index contributed by atoms with van der Waals surface area (Å²) in [6.45, 7) is 3.77. The Morgan fingerprint density at radius 1 is 1.27 bits per heavy atom. The van der Waals surface area contributed by atoms with Crippen LogP contribution in [0.5, 0.6) is 0 Å². The van der Waals surface area contributed by atoms with Crippen molar-refractivity contribution in [1.29, 1.82) is 0 Å². The average molecular weight is 297 g/mol. The second kappa shape index (κ2) is 5.41. The fourth-order valence-corrected chi connectivity index (χ4v) is 3.66. The van der Waals surface area contributed by atoms with E-state index in [-0.39, 0.29) is 0 Å². The molecule has 2 aromatic rings. The maximum Gasteiger partial charge on any atom is 0.224 e. The highest BCUT2D eigenvalue weighted by atomic mass is 16.2. The summed E-state index contributed by atoms with van der Waals surface area (Å²) in [5, 5.41) is 0. The molecule has 1 aromatic heterocycles. The Balaban J connectivity index is 1.63. The molecule has 2 aliphatic rings. The van der Waals surface area contributed by atoms with Crippen molar-refractivity contribution in [3.05, 3.63) is 30.1 Å². The molecule has 116 valence electrons. The van der Waals surface area contributed by atoms with E-state index in [1.54, 1.807) is 0 Å². The van der Waals surface area contributed by atoms with Crippen LogP contribution in [0.25, 0.3) is 11.0 Å². The van der Waals surface area contributed by atoms with Gasteiger partial charge >= 0.3 is 0 Å². The lowest BCUT2D eigenvalue weighted by atomic mass is 10.0. The average Bonchev–Trinajstić information content (AvgIpc) is 3.22. The fourth-order valence-electron chi connectivity index (χ4n) is 3.66. The summed E-state index contributed by atoms with van der Waals surface area (Å²) in [7, 11) is 0. The highest BCUT2D eigenvalue weighted by Crippen LogP contribution is 2.41. The number of likely N-dealkylation sites (tertiary alicyclic amines) is 1. The molecule has 1 saturated carbocycles. The molecule has 1 aliphatic heterocycles. The van der Waals surface area contributed by atoms with E-state index in [2.05, 4.69) is 29.7 Å². The normalized spacial score (nSPS) is 22.0. The number of aromatic nitrogens is 2. The zero-order chi connectivity index (χ0) is 15.1. The molecule has 1 aliphatic carbocycles. The number of hydrogen-bond acceptors (Lipinski definition) is 2. The van der Waals surface area contributed by atoms with Gasteiger partial charge in [0.25, 0.3) is 0 Å². The molecule has 22 heavy (non-hydrogen) atoms. The van der Waals surface area contributed by atoms with Crippen LogP contribution in [0.2, 0.25) is 0 Å². The molecular weight excluding hydrogens is 274 g/mol. The zero-order valence-corrected chi connectivity index (χ0v) is 13.2. The van der Waals surface area contributed by atoms with Gasteiger partial charge in [-0.3, -0.25) is 4.79 Å². The number of imidazole rings is 1. The quantitative estimate of drug-likeness (QED) is 0.847. The Kier molecular flexibility index (Phi) is 3.40. The lowest BCUT2D eigenvalue weighted by molar-refractivity contribution is -0.129. The zero-order valence-electron chi connectivity index (χ0n) is 13.2. The molecule has 1 unspecified atom stereocenters. The number of carbonyl (C=O) groups is 1. The van der Waals surface area contributed by atoms with Crippen LogP contribution in [-0.4, -0.2) is 26.9 Å². The number of rotatable bonds is 5. The first-order valence-electron chi connectivity index (χ1n) is 8.49. The fraction of sp³-hybridized carbons (Fsp3) is 0.556. The second-order valence-corrected chi connectivity index (χ2v) is 6.78. The highest BCUT2D eigenvalue weighted by Gasteiger charge is 2.33. The Hall–Kier alpha value is -1.84. The van der Waals surface area contributed by atoms with Gasteiger partial charge < -0.3 is 9.47 Å². The molecule has 4 rings (SSSR count). The summed E-state index contributed by atoms with van der Waals surface area (Å²) >= 11 is 0. The van der Waals surface area contributed by atoms with Gasteiger partial charge in [0.2, 0.25) is 5.91 Å². The largest absolute Gasteiger partial charge is 0.324 e. The molecule has 2 heterocycles. The first-order valence-corrected chi connectivity index (χ1v) is 8.49. The number of amides is 1. The number of nitrogens with zero attached hydrogens (tertiary/aromatic N) is 3. The molecule has 1 amide bonds. The van der Waals surface area contributed by atoms with Crippen LogP contribution < -0.4 is 0 Å². The summed E-state index contributed by atoms with van der Waals surface area (Å²) < 4.78 is 2.28. The molecule has 0 N–H and O–H groups in total. The van der Waals surface area contributed by atoms with E-state index >= 15 is 0 Å². The molecular formula is C18H23N3O. The van der Waals surface area contributed by atoms with Crippen molar-refractivity contribution < 1.29 is 4.79 Å². The number of hydrogen-bond donors (Lipinski definition) is 0. The molecule has 1 saturated heterocycles. The van der Waals surface area contributed by atoms with Crippen molar-refractivity contribution in [2.75, 3.05) is 6.54 Å². The molecule has 0 radical (unpaired) electrons. The van der Waals surface area contributed by atoms with Crippen molar-refractivity contribution in [1.82, 2.24) is 14.5 Å². The first-order chi connectivity index (χ1) is 10.8. The summed E-state index contributed by atoms with van der Waals surface area (Å²) in [5.41, 5.74) is 2.22. The van der Waals surface area contributed by atoms with Crippen LogP contribution in [0.4, 0.5) is 0 Å². The van der Waals surface area contributed by atoms with Crippen molar-refractivity contribution >= 4 is 16.9 Å². The van der Waals surface area contributed by atoms with E-state index in [1.807, 2.05) is 11.0 Å². The molecule has 4 nitrogen and oxygen atoms in total. The maximum absolute atomic E-state index is 12.3. The lowest BCUT2D eigenvalue weighted by Gasteiger charge is -2.19. The topological polar surface area (TPSA) is 38.1 Å². The standard InChI is InChI=1S/C18H23N3O/c1-2-5-13-10-17(22)20(11-13)12-21-16-7-4-3-6-15(16)19-18(21)14-8-9-14/h3-4,6-7,13-14H,2,5,8-12H2,1H3. The van der Waals surface area contributed by atoms with Crippen LogP contribution in [0, 0.1) is 5.92 Å². The minimum atomic E-state index is 0.304. The van der Waals surface area contributed by atoms with Crippen LogP contribution in [-0.2, 0) is 11.5 Å². The molecule has 1 aromatic carbocycles. The van der Waals surface area contributed by atoms with Gasteiger partial charge in [0.15, 0.2) is 0 Å². The van der Waals surface area contributed by atoms with Crippen LogP contribution in [0.1, 0.15) is 50.8 Å². The van der Waals surface area contributed by atoms with Gasteiger partial charge in [-0.25, -0.2) is 4.98 Å². The predicted molar refractivity (Wildman–Crippen MR) is 86.4 cm³/mol. The number of para-hydroxylation sites is 2. The molecule has 2 fully saturated rings. The van der Waals surface area contributed by atoms with E-state index in [1.165, 1.54) is 18.7 Å². The van der Waals surface area contributed by atoms with E-state index in [0.717, 1.165) is 36.8 Å². The Morgan fingerprint density at radius 2 is 2.09 bits per heavy atom. The van der Waals surface area contributed by atoms with Gasteiger partial charge in [0.1, 0.15) is 5.82 Å². The summed E-state index contributed by atoms with van der Waals surface area (Å²) in [6.07, 6.45) is 5.50. The number of carbonyl (C=O) groups excluding carboxylic acids is 1. The minimum absolute atomic E-state index is 0.304. The Bertz CT molecular complexity index is 701.